The second-order valence-electron chi connectivity index (χ2n) is 10.3. The van der Waals surface area contributed by atoms with Gasteiger partial charge in [0, 0.05) is 18.0 Å². The summed E-state index contributed by atoms with van der Waals surface area (Å²) >= 11 is 0. The predicted octanol–water partition coefficient (Wildman–Crippen LogP) is 1.40. The zero-order valence-electron chi connectivity index (χ0n) is 22.3. The molecule has 4 rings (SSSR count). The Morgan fingerprint density at radius 3 is 2.51 bits per heavy atom. The minimum atomic E-state index is -1.81. The van der Waals surface area contributed by atoms with E-state index in [1.54, 1.807) is 12.1 Å². The molecule has 0 amide bonds. The molecule has 3 N–H and O–H groups in total. The Balaban J connectivity index is 1.69. The summed E-state index contributed by atoms with van der Waals surface area (Å²) in [7, 11) is 3.43. The maximum atomic E-state index is 13.1. The Hall–Kier alpha value is -3.64. The van der Waals surface area contributed by atoms with Gasteiger partial charge < -0.3 is 39.2 Å². The molecule has 3 aliphatic rings. The maximum Gasteiger partial charge on any atom is 0.353 e. The van der Waals surface area contributed by atoms with Gasteiger partial charge in [-0.05, 0) is 44.6 Å². The Morgan fingerprint density at radius 2 is 1.90 bits per heavy atom. The van der Waals surface area contributed by atoms with Gasteiger partial charge in [0.15, 0.2) is 17.6 Å². The molecule has 0 saturated carbocycles. The van der Waals surface area contributed by atoms with E-state index in [1.165, 1.54) is 7.11 Å². The molecule has 1 aromatic rings. The molecular formula is C27H33NO11. The summed E-state index contributed by atoms with van der Waals surface area (Å²) in [5.41, 5.74) is -0.649. The van der Waals surface area contributed by atoms with Crippen molar-refractivity contribution in [1.29, 1.82) is 0 Å². The van der Waals surface area contributed by atoms with E-state index in [2.05, 4.69) is 4.90 Å². The number of likely N-dealkylation sites (N-methyl/N-ethyl adjacent to an activating group) is 1. The number of ether oxygens (including phenoxy) is 4. The minimum absolute atomic E-state index is 0.0492. The van der Waals surface area contributed by atoms with E-state index in [4.69, 9.17) is 24.1 Å². The molecule has 0 spiro atoms. The van der Waals surface area contributed by atoms with E-state index in [9.17, 15) is 29.4 Å². The van der Waals surface area contributed by atoms with Crippen molar-refractivity contribution in [2.45, 2.75) is 75.2 Å². The highest BCUT2D eigenvalue weighted by Gasteiger charge is 2.68. The van der Waals surface area contributed by atoms with Crippen LogP contribution in [0.5, 0.6) is 11.5 Å². The summed E-state index contributed by atoms with van der Waals surface area (Å²) in [6.45, 7) is 4.53. The molecule has 0 aromatic heterocycles. The van der Waals surface area contributed by atoms with Gasteiger partial charge in [-0.3, -0.25) is 14.4 Å². The zero-order chi connectivity index (χ0) is 28.7. The first-order valence-electron chi connectivity index (χ1n) is 12.7. The van der Waals surface area contributed by atoms with Crippen molar-refractivity contribution >= 4 is 23.9 Å². The number of nitrogens with zero attached hydrogens (tertiary/aromatic N) is 1. The number of aliphatic carboxylic acids is 2. The standard InChI is InChI=1S/C27H33NO11/c1-5-28(3)18-12-14-6-7-15(36-4)23-22(14)26(2)24(39-23)16(10-11-27(18,26)35)38-25(34)17(13-20(31)32)37-21(33)9-8-19(29)30/h6-7,10,17-18,24,35H,5,8-9,11-13H2,1-4H3,(H,29,30)(H,31,32)/t17-,18+,24-,26-,27+/m0/s1. The molecule has 0 unspecified atom stereocenters. The SMILES string of the molecule is CCN(C)[C@@H]1Cc2ccc(OC)c3c2[C@@]2(C)[C@@H](O3)C(OC(=O)[C@H](CC(=O)O)OC(=O)CCC(=O)O)=CC[C@@]12O. The largest absolute Gasteiger partial charge is 0.493 e. The van der Waals surface area contributed by atoms with Crippen LogP contribution in [-0.4, -0.2) is 88.6 Å². The maximum absolute atomic E-state index is 13.1. The molecule has 5 atom stereocenters. The fourth-order valence-corrected chi connectivity index (χ4v) is 5.99. The van der Waals surface area contributed by atoms with E-state index in [0.717, 1.165) is 11.1 Å². The first-order chi connectivity index (χ1) is 18.4. The highest BCUT2D eigenvalue weighted by molar-refractivity contribution is 5.85. The van der Waals surface area contributed by atoms with Crippen LogP contribution in [0.3, 0.4) is 0 Å². The number of carbonyl (C=O) groups excluding carboxylic acids is 2. The number of carboxylic acid groups (broad SMARTS) is 2. The van der Waals surface area contributed by atoms with Gasteiger partial charge in [-0.1, -0.05) is 13.0 Å². The average molecular weight is 548 g/mol. The first kappa shape index (κ1) is 28.4. The molecule has 1 heterocycles. The predicted molar refractivity (Wildman–Crippen MR) is 133 cm³/mol. The smallest absolute Gasteiger partial charge is 0.353 e. The Kier molecular flexibility index (Phi) is 7.63. The van der Waals surface area contributed by atoms with Crippen molar-refractivity contribution in [1.82, 2.24) is 4.90 Å². The van der Waals surface area contributed by atoms with Crippen molar-refractivity contribution in [3.8, 4) is 11.5 Å². The van der Waals surface area contributed by atoms with Crippen LogP contribution in [0.15, 0.2) is 24.0 Å². The van der Waals surface area contributed by atoms with Crippen LogP contribution in [0, 0.1) is 0 Å². The van der Waals surface area contributed by atoms with Gasteiger partial charge in [-0.15, -0.1) is 0 Å². The monoisotopic (exact) mass is 547 g/mol. The Morgan fingerprint density at radius 1 is 1.18 bits per heavy atom. The van der Waals surface area contributed by atoms with E-state index >= 15 is 0 Å². The lowest BCUT2D eigenvalue weighted by atomic mass is 9.54. The molecular weight excluding hydrogens is 514 g/mol. The third kappa shape index (κ3) is 4.71. The highest BCUT2D eigenvalue weighted by Crippen LogP contribution is 2.62. The Labute approximate surface area is 225 Å². The van der Waals surface area contributed by atoms with Crippen molar-refractivity contribution in [2.24, 2.45) is 0 Å². The summed E-state index contributed by atoms with van der Waals surface area (Å²) in [6, 6.07) is 3.44. The van der Waals surface area contributed by atoms with Crippen molar-refractivity contribution in [3.05, 3.63) is 35.1 Å². The lowest BCUT2D eigenvalue weighted by molar-refractivity contribution is -0.172. The molecule has 0 bridgehead atoms. The van der Waals surface area contributed by atoms with Crippen LogP contribution >= 0.6 is 0 Å². The number of rotatable bonds is 11. The molecule has 212 valence electrons. The summed E-state index contributed by atoms with van der Waals surface area (Å²) < 4.78 is 22.5. The van der Waals surface area contributed by atoms with Gasteiger partial charge in [0.1, 0.15) is 5.76 Å². The first-order valence-corrected chi connectivity index (χ1v) is 12.7. The number of aliphatic hydroxyl groups is 1. The topological polar surface area (TPSA) is 169 Å². The molecule has 0 fully saturated rings. The number of hydrogen-bond donors (Lipinski definition) is 3. The lowest BCUT2D eigenvalue weighted by Gasteiger charge is -2.56. The number of carboxylic acids is 2. The number of carbonyl (C=O) groups is 4. The third-order valence-electron chi connectivity index (χ3n) is 8.13. The summed E-state index contributed by atoms with van der Waals surface area (Å²) in [4.78, 5) is 49.4. The molecule has 1 aliphatic heterocycles. The van der Waals surface area contributed by atoms with Gasteiger partial charge >= 0.3 is 23.9 Å². The van der Waals surface area contributed by atoms with Crippen molar-refractivity contribution < 1.29 is 53.4 Å². The van der Waals surface area contributed by atoms with Crippen molar-refractivity contribution in [2.75, 3.05) is 20.7 Å². The zero-order valence-corrected chi connectivity index (χ0v) is 22.3. The second kappa shape index (κ2) is 10.5. The summed E-state index contributed by atoms with van der Waals surface area (Å²) in [5.74, 6) is -3.92. The van der Waals surface area contributed by atoms with Crippen LogP contribution in [0.25, 0.3) is 0 Å². The normalized spacial score (nSPS) is 27.1. The lowest BCUT2D eigenvalue weighted by Crippen LogP contribution is -2.69. The molecule has 0 saturated heterocycles. The van der Waals surface area contributed by atoms with Gasteiger partial charge in [-0.2, -0.15) is 0 Å². The molecule has 2 aliphatic carbocycles. The number of methoxy groups -OCH3 is 1. The fraction of sp³-hybridized carbons (Fsp3) is 0.556. The molecule has 39 heavy (non-hydrogen) atoms. The van der Waals surface area contributed by atoms with E-state index < -0.39 is 66.4 Å². The second-order valence-corrected chi connectivity index (χ2v) is 10.3. The van der Waals surface area contributed by atoms with Crippen LogP contribution in [0.1, 0.15) is 50.7 Å². The fourth-order valence-electron chi connectivity index (χ4n) is 5.99. The molecule has 12 nitrogen and oxygen atoms in total. The average Bonchev–Trinajstić information content (AvgIpc) is 3.22. The minimum Gasteiger partial charge on any atom is -0.493 e. The van der Waals surface area contributed by atoms with Gasteiger partial charge in [0.05, 0.1) is 37.4 Å². The van der Waals surface area contributed by atoms with Crippen LogP contribution < -0.4 is 9.47 Å². The van der Waals surface area contributed by atoms with Gasteiger partial charge in [0.2, 0.25) is 6.10 Å². The summed E-state index contributed by atoms with van der Waals surface area (Å²) in [6.07, 6.45) is -2.50. The number of hydrogen-bond acceptors (Lipinski definition) is 10. The molecule has 0 radical (unpaired) electrons. The number of benzene rings is 1. The highest BCUT2D eigenvalue weighted by atomic mass is 16.6. The number of esters is 2. The Bertz CT molecular complexity index is 1230. The van der Waals surface area contributed by atoms with E-state index in [1.807, 2.05) is 27.0 Å². The van der Waals surface area contributed by atoms with E-state index in [0.29, 0.717) is 24.5 Å². The van der Waals surface area contributed by atoms with Crippen LogP contribution in [0.2, 0.25) is 0 Å². The van der Waals surface area contributed by atoms with Crippen molar-refractivity contribution in [3.63, 3.8) is 0 Å². The molecule has 1 aromatic carbocycles. The quantitative estimate of drug-likeness (QED) is 0.341. The van der Waals surface area contributed by atoms with Crippen LogP contribution in [-0.2, 0) is 40.5 Å². The van der Waals surface area contributed by atoms with Gasteiger partial charge in [0.25, 0.3) is 0 Å². The van der Waals surface area contributed by atoms with Crippen LogP contribution in [0.4, 0.5) is 0 Å². The van der Waals surface area contributed by atoms with Gasteiger partial charge in [-0.25, -0.2) is 4.79 Å². The van der Waals surface area contributed by atoms with E-state index in [-0.39, 0.29) is 18.2 Å². The molecule has 12 heteroatoms. The third-order valence-corrected chi connectivity index (χ3v) is 8.13. The summed E-state index contributed by atoms with van der Waals surface area (Å²) in [5, 5.41) is 30.3.